The van der Waals surface area contributed by atoms with Crippen LogP contribution in [0.3, 0.4) is 0 Å². The van der Waals surface area contributed by atoms with E-state index in [1.165, 1.54) is 6.04 Å². The molecule has 14 heavy (non-hydrogen) atoms. The molecule has 0 saturated carbocycles. The molecular formula is C10H20O3Si. The van der Waals surface area contributed by atoms with Gasteiger partial charge in [0.1, 0.15) is 0 Å². The van der Waals surface area contributed by atoms with Gasteiger partial charge in [-0.2, -0.15) is 0 Å². The molecule has 0 aromatic rings. The van der Waals surface area contributed by atoms with Crippen molar-refractivity contribution in [2.45, 2.75) is 26.3 Å². The highest BCUT2D eigenvalue weighted by molar-refractivity contribution is 6.35. The molecule has 3 nitrogen and oxygen atoms in total. The van der Waals surface area contributed by atoms with Crippen molar-refractivity contribution in [3.8, 4) is 0 Å². The first-order chi connectivity index (χ1) is 6.68. The lowest BCUT2D eigenvalue weighted by molar-refractivity contribution is -0.138. The number of carbonyl (C=O) groups is 1. The predicted octanol–water partition coefficient (Wildman–Crippen LogP) is 1.08. The van der Waals surface area contributed by atoms with Crippen molar-refractivity contribution in [3.05, 3.63) is 12.2 Å². The van der Waals surface area contributed by atoms with E-state index in [4.69, 9.17) is 9.47 Å². The maximum Gasteiger partial charge on any atom is 0.333 e. The molecule has 0 heterocycles. The molecule has 0 radical (unpaired) electrons. The van der Waals surface area contributed by atoms with Crippen molar-refractivity contribution in [1.29, 1.82) is 0 Å². The summed E-state index contributed by atoms with van der Waals surface area (Å²) in [5.74, 6) is -0.281. The van der Waals surface area contributed by atoms with E-state index in [9.17, 15) is 4.79 Å². The highest BCUT2D eigenvalue weighted by atomic mass is 28.2. The van der Waals surface area contributed by atoms with E-state index in [0.717, 1.165) is 19.3 Å². The molecule has 0 N–H and O–H groups in total. The number of esters is 1. The lowest BCUT2D eigenvalue weighted by Gasteiger charge is -2.03. The summed E-state index contributed by atoms with van der Waals surface area (Å²) in [6.07, 6.45) is 1.89. The molecule has 0 aromatic carbocycles. The smallest absolute Gasteiger partial charge is 0.333 e. The zero-order valence-corrected chi connectivity index (χ0v) is 10.6. The molecule has 0 atom stereocenters. The van der Waals surface area contributed by atoms with Gasteiger partial charge in [0.2, 0.25) is 0 Å². The van der Waals surface area contributed by atoms with E-state index in [2.05, 4.69) is 6.58 Å². The van der Waals surface area contributed by atoms with Gasteiger partial charge in [0.05, 0.1) is 16.1 Å². The van der Waals surface area contributed by atoms with Gasteiger partial charge >= 0.3 is 5.97 Å². The SMILES string of the molecule is C=C(C)C(=O)OCCC[SiH2]COCC. The van der Waals surface area contributed by atoms with Crippen LogP contribution >= 0.6 is 0 Å². The van der Waals surface area contributed by atoms with Crippen LogP contribution in [0.25, 0.3) is 0 Å². The highest BCUT2D eigenvalue weighted by Crippen LogP contribution is 1.95. The quantitative estimate of drug-likeness (QED) is 0.263. The Hall–Kier alpha value is -0.613. The molecule has 0 amide bonds. The lowest BCUT2D eigenvalue weighted by Crippen LogP contribution is -2.08. The summed E-state index contributed by atoms with van der Waals surface area (Å²) >= 11 is 0. The van der Waals surface area contributed by atoms with Crippen LogP contribution in [-0.2, 0) is 14.3 Å². The van der Waals surface area contributed by atoms with Gasteiger partial charge in [-0.3, -0.25) is 0 Å². The second kappa shape index (κ2) is 8.96. The second-order valence-electron chi connectivity index (χ2n) is 3.17. The molecule has 0 aliphatic carbocycles. The Labute approximate surface area is 88.3 Å². The van der Waals surface area contributed by atoms with E-state index in [-0.39, 0.29) is 15.5 Å². The molecule has 0 spiro atoms. The third kappa shape index (κ3) is 8.01. The molecule has 0 aliphatic heterocycles. The monoisotopic (exact) mass is 216 g/mol. The van der Waals surface area contributed by atoms with E-state index >= 15 is 0 Å². The molecule has 0 saturated heterocycles. The van der Waals surface area contributed by atoms with Crippen LogP contribution in [0.5, 0.6) is 0 Å². The Balaban J connectivity index is 3.13. The maximum absolute atomic E-state index is 10.9. The molecule has 0 aromatic heterocycles. The second-order valence-corrected chi connectivity index (χ2v) is 5.00. The summed E-state index contributed by atoms with van der Waals surface area (Å²) in [7, 11) is -0.0999. The van der Waals surface area contributed by atoms with Gasteiger partial charge in [-0.1, -0.05) is 12.6 Å². The zero-order chi connectivity index (χ0) is 10.8. The van der Waals surface area contributed by atoms with Crippen LogP contribution in [0.1, 0.15) is 20.3 Å². The number of rotatable bonds is 8. The first kappa shape index (κ1) is 13.4. The topological polar surface area (TPSA) is 35.5 Å². The van der Waals surface area contributed by atoms with Gasteiger partial charge in [0.25, 0.3) is 0 Å². The molecule has 0 rings (SSSR count). The zero-order valence-electron chi connectivity index (χ0n) is 9.17. The fourth-order valence-corrected chi connectivity index (χ4v) is 2.17. The fourth-order valence-electron chi connectivity index (χ4n) is 0.915. The molecule has 0 bridgehead atoms. The van der Waals surface area contributed by atoms with Crippen molar-refractivity contribution in [1.82, 2.24) is 0 Å². The van der Waals surface area contributed by atoms with Crippen LogP contribution in [-0.4, -0.2) is 34.9 Å². The van der Waals surface area contributed by atoms with Gasteiger partial charge in [-0.15, -0.1) is 0 Å². The van der Waals surface area contributed by atoms with Crippen LogP contribution in [0.2, 0.25) is 6.04 Å². The summed E-state index contributed by atoms with van der Waals surface area (Å²) in [6.45, 7) is 8.49. The summed E-state index contributed by atoms with van der Waals surface area (Å²) < 4.78 is 10.2. The first-order valence-corrected chi connectivity index (χ1v) is 7.08. The largest absolute Gasteiger partial charge is 0.462 e. The van der Waals surface area contributed by atoms with Crippen LogP contribution in [0, 0.1) is 0 Å². The average Bonchev–Trinajstić information content (AvgIpc) is 2.16. The van der Waals surface area contributed by atoms with Crippen molar-refractivity contribution in [3.63, 3.8) is 0 Å². The minimum absolute atomic E-state index is 0.0999. The molecular weight excluding hydrogens is 196 g/mol. The summed E-state index contributed by atoms with van der Waals surface area (Å²) in [5, 5.41) is 0. The maximum atomic E-state index is 10.9. The summed E-state index contributed by atoms with van der Waals surface area (Å²) in [6, 6.07) is 1.17. The van der Waals surface area contributed by atoms with Crippen LogP contribution in [0.15, 0.2) is 12.2 Å². The van der Waals surface area contributed by atoms with Crippen molar-refractivity contribution in [2.24, 2.45) is 0 Å². The van der Waals surface area contributed by atoms with E-state index in [0.29, 0.717) is 12.2 Å². The third-order valence-electron chi connectivity index (χ3n) is 1.72. The number of carbonyl (C=O) groups excluding carboxylic acids is 1. The summed E-state index contributed by atoms with van der Waals surface area (Å²) in [4.78, 5) is 10.9. The normalized spacial score (nSPS) is 10.7. The molecule has 0 unspecified atom stereocenters. The van der Waals surface area contributed by atoms with Gasteiger partial charge in [-0.05, 0) is 20.3 Å². The van der Waals surface area contributed by atoms with Crippen LogP contribution < -0.4 is 0 Å². The minimum atomic E-state index is -0.281. The van der Waals surface area contributed by atoms with E-state index in [1.807, 2.05) is 6.92 Å². The molecule has 0 aliphatic rings. The Bertz CT molecular complexity index is 180. The molecule has 4 heteroatoms. The third-order valence-corrected chi connectivity index (χ3v) is 3.30. The van der Waals surface area contributed by atoms with Gasteiger partial charge in [-0.25, -0.2) is 4.79 Å². The molecule has 0 fully saturated rings. The average molecular weight is 216 g/mol. The Morgan fingerprint density at radius 1 is 1.50 bits per heavy atom. The lowest BCUT2D eigenvalue weighted by atomic mass is 10.4. The number of hydrogen-bond acceptors (Lipinski definition) is 3. The predicted molar refractivity (Wildman–Crippen MR) is 60.2 cm³/mol. The van der Waals surface area contributed by atoms with Crippen molar-refractivity contribution < 1.29 is 14.3 Å². The van der Waals surface area contributed by atoms with Crippen molar-refractivity contribution in [2.75, 3.05) is 19.4 Å². The Morgan fingerprint density at radius 3 is 2.79 bits per heavy atom. The van der Waals surface area contributed by atoms with Crippen LogP contribution in [0.4, 0.5) is 0 Å². The molecule has 82 valence electrons. The summed E-state index contributed by atoms with van der Waals surface area (Å²) in [5.41, 5.74) is 0.469. The Kier molecular flexibility index (Phi) is 8.57. The van der Waals surface area contributed by atoms with Gasteiger partial charge < -0.3 is 9.47 Å². The fraction of sp³-hybridized carbons (Fsp3) is 0.700. The van der Waals surface area contributed by atoms with Gasteiger partial charge in [0, 0.05) is 18.4 Å². The minimum Gasteiger partial charge on any atom is -0.462 e. The van der Waals surface area contributed by atoms with E-state index < -0.39 is 0 Å². The first-order valence-electron chi connectivity index (χ1n) is 5.08. The van der Waals surface area contributed by atoms with Gasteiger partial charge in [0.15, 0.2) is 0 Å². The number of ether oxygens (including phenoxy) is 2. The standard InChI is InChI=1S/C10H20O3Si/c1-4-12-8-14-7-5-6-13-10(11)9(2)3/h2,4-8,14H2,1,3H3. The van der Waals surface area contributed by atoms with E-state index in [1.54, 1.807) is 6.92 Å². The highest BCUT2D eigenvalue weighted by Gasteiger charge is 2.01. The number of hydrogen-bond donors (Lipinski definition) is 0. The van der Waals surface area contributed by atoms with Crippen molar-refractivity contribution >= 4 is 15.5 Å². The Morgan fingerprint density at radius 2 is 2.21 bits per heavy atom.